The Bertz CT molecular complexity index is 258. The van der Waals surface area contributed by atoms with Gasteiger partial charge in [-0.25, -0.2) is 4.79 Å². The third kappa shape index (κ3) is 11.2. The first-order valence-electron chi connectivity index (χ1n) is 6.47. The number of carbonyl (C=O) groups is 2. The lowest BCUT2D eigenvalue weighted by Crippen LogP contribution is -2.33. The predicted octanol–water partition coefficient (Wildman–Crippen LogP) is 2.63. The van der Waals surface area contributed by atoms with E-state index < -0.39 is 11.7 Å². The van der Waals surface area contributed by atoms with Gasteiger partial charge in [-0.3, -0.25) is 4.79 Å². The highest BCUT2D eigenvalue weighted by Crippen LogP contribution is 2.06. The average Bonchev–Trinajstić information content (AvgIpc) is 2.22. The van der Waals surface area contributed by atoms with Crippen molar-refractivity contribution in [2.75, 3.05) is 13.2 Å². The summed E-state index contributed by atoms with van der Waals surface area (Å²) in [5.41, 5.74) is -0.497. The number of hydrogen-bond acceptors (Lipinski definition) is 4. The topological polar surface area (TPSA) is 64.6 Å². The summed E-state index contributed by atoms with van der Waals surface area (Å²) in [6, 6.07) is 0. The zero-order valence-corrected chi connectivity index (χ0v) is 11.9. The summed E-state index contributed by atoms with van der Waals surface area (Å²) in [6.07, 6.45) is 2.32. The lowest BCUT2D eigenvalue weighted by Gasteiger charge is -2.19. The second kappa shape index (κ2) is 8.78. The summed E-state index contributed by atoms with van der Waals surface area (Å²) in [4.78, 5) is 22.5. The van der Waals surface area contributed by atoms with Crippen molar-refractivity contribution in [3.8, 4) is 0 Å². The van der Waals surface area contributed by atoms with Crippen molar-refractivity contribution in [3.63, 3.8) is 0 Å². The van der Waals surface area contributed by atoms with E-state index >= 15 is 0 Å². The molecule has 1 amide bonds. The average molecular weight is 259 g/mol. The Kier molecular flexibility index (Phi) is 8.16. The molecule has 0 saturated heterocycles. The van der Waals surface area contributed by atoms with Gasteiger partial charge in [0.1, 0.15) is 5.60 Å². The van der Waals surface area contributed by atoms with Gasteiger partial charge in [0.2, 0.25) is 0 Å². The van der Waals surface area contributed by atoms with Crippen LogP contribution >= 0.6 is 0 Å². The van der Waals surface area contributed by atoms with Gasteiger partial charge in [0.25, 0.3) is 0 Å². The fourth-order valence-electron chi connectivity index (χ4n) is 1.14. The minimum absolute atomic E-state index is 0.213. The molecule has 0 radical (unpaired) electrons. The molecule has 0 heterocycles. The van der Waals surface area contributed by atoms with Gasteiger partial charge in [0, 0.05) is 13.0 Å². The standard InChI is InChI=1S/C13H25NO4/c1-5-6-10-17-11(15)8-7-9-14-12(16)18-13(2,3)4/h5-10H2,1-4H3,(H,14,16). The summed E-state index contributed by atoms with van der Waals surface area (Å²) >= 11 is 0. The van der Waals surface area contributed by atoms with Crippen LogP contribution in [0.2, 0.25) is 0 Å². The second-order valence-electron chi connectivity index (χ2n) is 5.11. The molecular formula is C13H25NO4. The maximum atomic E-state index is 11.3. The van der Waals surface area contributed by atoms with E-state index in [1.165, 1.54) is 0 Å². The molecule has 0 rings (SSSR count). The van der Waals surface area contributed by atoms with Gasteiger partial charge >= 0.3 is 12.1 Å². The maximum absolute atomic E-state index is 11.3. The Morgan fingerprint density at radius 3 is 2.39 bits per heavy atom. The van der Waals surface area contributed by atoms with Crippen LogP contribution < -0.4 is 5.32 Å². The number of esters is 1. The van der Waals surface area contributed by atoms with E-state index in [1.54, 1.807) is 20.8 Å². The van der Waals surface area contributed by atoms with Crippen molar-refractivity contribution in [1.82, 2.24) is 5.32 Å². The molecule has 0 saturated carbocycles. The Morgan fingerprint density at radius 1 is 1.17 bits per heavy atom. The molecule has 1 N–H and O–H groups in total. The molecule has 0 aliphatic heterocycles. The van der Waals surface area contributed by atoms with Gasteiger partial charge < -0.3 is 14.8 Å². The molecule has 0 aromatic carbocycles. The molecule has 0 bridgehead atoms. The Balaban J connectivity index is 3.50. The van der Waals surface area contributed by atoms with Crippen molar-refractivity contribution in [2.24, 2.45) is 0 Å². The van der Waals surface area contributed by atoms with E-state index in [2.05, 4.69) is 5.32 Å². The molecular weight excluding hydrogens is 234 g/mol. The maximum Gasteiger partial charge on any atom is 0.407 e. The van der Waals surface area contributed by atoms with E-state index in [0.717, 1.165) is 12.8 Å². The number of carbonyl (C=O) groups excluding carboxylic acids is 2. The molecule has 0 aliphatic rings. The van der Waals surface area contributed by atoms with Crippen LogP contribution in [0, 0.1) is 0 Å². The van der Waals surface area contributed by atoms with Crippen LogP contribution in [0.4, 0.5) is 4.79 Å². The highest BCUT2D eigenvalue weighted by atomic mass is 16.6. The van der Waals surface area contributed by atoms with Crippen LogP contribution in [0.3, 0.4) is 0 Å². The number of amides is 1. The highest BCUT2D eigenvalue weighted by Gasteiger charge is 2.15. The van der Waals surface area contributed by atoms with Crippen molar-refractivity contribution >= 4 is 12.1 Å². The molecule has 106 valence electrons. The van der Waals surface area contributed by atoms with Crippen LogP contribution in [0.25, 0.3) is 0 Å². The van der Waals surface area contributed by atoms with Crippen LogP contribution in [-0.4, -0.2) is 30.8 Å². The summed E-state index contributed by atoms with van der Waals surface area (Å²) < 4.78 is 10.0. The van der Waals surface area contributed by atoms with Gasteiger partial charge in [-0.1, -0.05) is 13.3 Å². The first-order chi connectivity index (χ1) is 8.35. The Morgan fingerprint density at radius 2 is 1.83 bits per heavy atom. The normalized spacial score (nSPS) is 10.9. The molecule has 0 aromatic rings. The van der Waals surface area contributed by atoms with Gasteiger partial charge in [0.05, 0.1) is 6.61 Å². The number of hydrogen-bond donors (Lipinski definition) is 1. The summed E-state index contributed by atoms with van der Waals surface area (Å²) in [6.45, 7) is 8.35. The van der Waals surface area contributed by atoms with Gasteiger partial charge in [-0.15, -0.1) is 0 Å². The number of nitrogens with one attached hydrogen (secondary N) is 1. The quantitative estimate of drug-likeness (QED) is 0.564. The molecule has 5 nitrogen and oxygen atoms in total. The smallest absolute Gasteiger partial charge is 0.407 e. The third-order valence-electron chi connectivity index (χ3n) is 1.99. The first kappa shape index (κ1) is 16.7. The van der Waals surface area contributed by atoms with E-state index in [1.807, 2.05) is 6.92 Å². The van der Waals surface area contributed by atoms with Crippen molar-refractivity contribution in [2.45, 2.75) is 59.0 Å². The zero-order chi connectivity index (χ0) is 14.0. The largest absolute Gasteiger partial charge is 0.466 e. The lowest BCUT2D eigenvalue weighted by atomic mass is 10.2. The summed E-state index contributed by atoms with van der Waals surface area (Å²) in [7, 11) is 0. The van der Waals surface area contributed by atoms with Gasteiger partial charge in [0.15, 0.2) is 0 Å². The van der Waals surface area contributed by atoms with Crippen LogP contribution in [0.1, 0.15) is 53.4 Å². The van der Waals surface area contributed by atoms with Crippen molar-refractivity contribution in [1.29, 1.82) is 0 Å². The summed E-state index contributed by atoms with van der Waals surface area (Å²) in [5.74, 6) is -0.213. The molecule has 18 heavy (non-hydrogen) atoms. The molecule has 0 spiro atoms. The number of alkyl carbamates (subject to hydrolysis) is 1. The Hall–Kier alpha value is -1.26. The molecule has 0 aliphatic carbocycles. The molecule has 0 atom stereocenters. The highest BCUT2D eigenvalue weighted by molar-refractivity contribution is 5.70. The fraction of sp³-hybridized carbons (Fsp3) is 0.846. The minimum atomic E-state index is -0.497. The molecule has 5 heteroatoms. The van der Waals surface area contributed by atoms with E-state index in [9.17, 15) is 9.59 Å². The van der Waals surface area contributed by atoms with E-state index in [4.69, 9.17) is 9.47 Å². The van der Waals surface area contributed by atoms with Gasteiger partial charge in [-0.2, -0.15) is 0 Å². The van der Waals surface area contributed by atoms with Crippen LogP contribution in [0.15, 0.2) is 0 Å². The SMILES string of the molecule is CCCCOC(=O)CCCNC(=O)OC(C)(C)C. The summed E-state index contributed by atoms with van der Waals surface area (Å²) in [5, 5.41) is 2.59. The molecule has 0 fully saturated rings. The Labute approximate surface area is 109 Å². The third-order valence-corrected chi connectivity index (χ3v) is 1.99. The zero-order valence-electron chi connectivity index (χ0n) is 11.9. The van der Waals surface area contributed by atoms with Crippen LogP contribution in [-0.2, 0) is 14.3 Å². The monoisotopic (exact) mass is 259 g/mol. The number of ether oxygens (including phenoxy) is 2. The lowest BCUT2D eigenvalue weighted by molar-refractivity contribution is -0.143. The molecule has 0 aromatic heterocycles. The minimum Gasteiger partial charge on any atom is -0.466 e. The fourth-order valence-corrected chi connectivity index (χ4v) is 1.14. The first-order valence-corrected chi connectivity index (χ1v) is 6.47. The number of unbranched alkanes of at least 4 members (excludes halogenated alkanes) is 1. The van der Waals surface area contributed by atoms with Crippen molar-refractivity contribution < 1.29 is 19.1 Å². The van der Waals surface area contributed by atoms with Crippen molar-refractivity contribution in [3.05, 3.63) is 0 Å². The van der Waals surface area contributed by atoms with E-state index in [0.29, 0.717) is 26.0 Å². The van der Waals surface area contributed by atoms with E-state index in [-0.39, 0.29) is 5.97 Å². The van der Waals surface area contributed by atoms with Crippen LogP contribution in [0.5, 0.6) is 0 Å². The molecule has 0 unspecified atom stereocenters. The predicted molar refractivity (Wildman–Crippen MR) is 69.3 cm³/mol. The second-order valence-corrected chi connectivity index (χ2v) is 5.11. The van der Waals surface area contributed by atoms with Gasteiger partial charge in [-0.05, 0) is 33.6 Å². The number of rotatable bonds is 7.